The van der Waals surface area contributed by atoms with Crippen molar-refractivity contribution in [2.45, 2.75) is 51.5 Å². The average Bonchev–Trinajstić information content (AvgIpc) is 3.66. The second-order valence-electron chi connectivity index (χ2n) is 11.0. The van der Waals surface area contributed by atoms with E-state index < -0.39 is 42.6 Å². The molecule has 0 radical (unpaired) electrons. The minimum atomic E-state index is -1.04. The minimum absolute atomic E-state index is 0.0804. The molecule has 12 heteroatoms. The number of aliphatic hydroxyl groups excluding tert-OH is 4. The van der Waals surface area contributed by atoms with Crippen molar-refractivity contribution >= 4 is 16.7 Å². The van der Waals surface area contributed by atoms with Crippen LogP contribution in [0.25, 0.3) is 21.9 Å². The topological polar surface area (TPSA) is 163 Å². The van der Waals surface area contributed by atoms with Crippen molar-refractivity contribution in [1.29, 1.82) is 0 Å². The highest BCUT2D eigenvalue weighted by atomic mass is 16.7. The number of cyclic esters (lactones) is 1. The van der Waals surface area contributed by atoms with Gasteiger partial charge in [-0.15, -0.1) is 0 Å². The van der Waals surface area contributed by atoms with E-state index in [0.29, 0.717) is 50.1 Å². The van der Waals surface area contributed by atoms with Crippen molar-refractivity contribution < 1.29 is 58.4 Å². The predicted molar refractivity (Wildman–Crippen MR) is 147 cm³/mol. The maximum absolute atomic E-state index is 13.3. The fraction of sp³-hybridized carbons (Fsp3) is 0.452. The zero-order chi connectivity index (χ0) is 29.8. The van der Waals surface area contributed by atoms with Gasteiger partial charge in [0.25, 0.3) is 0 Å². The first kappa shape index (κ1) is 28.3. The van der Waals surface area contributed by atoms with Gasteiger partial charge in [-0.3, -0.25) is 0 Å². The third-order valence-corrected chi connectivity index (χ3v) is 8.73. The summed E-state index contributed by atoms with van der Waals surface area (Å²) in [5.41, 5.74) is 2.92. The largest absolute Gasteiger partial charge is 0.463 e. The van der Waals surface area contributed by atoms with Crippen LogP contribution in [0.15, 0.2) is 30.3 Å². The summed E-state index contributed by atoms with van der Waals surface area (Å²) in [6, 6.07) is 8.80. The molecule has 0 saturated carbocycles. The van der Waals surface area contributed by atoms with Crippen molar-refractivity contribution in [2.75, 3.05) is 26.6 Å². The molecule has 2 saturated heterocycles. The number of ether oxygens (including phenoxy) is 7. The minimum Gasteiger partial charge on any atom is -0.463 e. The molecule has 4 aliphatic rings. The highest BCUT2D eigenvalue weighted by Gasteiger charge is 2.50. The van der Waals surface area contributed by atoms with E-state index in [2.05, 4.69) is 0 Å². The van der Waals surface area contributed by atoms with Gasteiger partial charge in [0.15, 0.2) is 17.8 Å². The van der Waals surface area contributed by atoms with E-state index in [0.717, 1.165) is 0 Å². The number of aliphatic hydroxyl groups is 4. The molecule has 2 fully saturated rings. The molecule has 12 nitrogen and oxygen atoms in total. The van der Waals surface area contributed by atoms with Crippen molar-refractivity contribution in [3.8, 4) is 28.4 Å². The third kappa shape index (κ3) is 4.61. The van der Waals surface area contributed by atoms with Gasteiger partial charge in [0, 0.05) is 29.0 Å². The molecular weight excluding hydrogens is 564 g/mol. The van der Waals surface area contributed by atoms with E-state index >= 15 is 0 Å². The molecule has 3 aromatic carbocycles. The average molecular weight is 597 g/mol. The summed E-state index contributed by atoms with van der Waals surface area (Å²) in [6.45, 7) is 0.636. The first-order chi connectivity index (χ1) is 20.9. The maximum Gasteiger partial charge on any atom is 0.339 e. The smallest absolute Gasteiger partial charge is 0.339 e. The van der Waals surface area contributed by atoms with Crippen LogP contribution in [-0.2, 0) is 38.8 Å². The lowest BCUT2D eigenvalue weighted by molar-refractivity contribution is -0.332. The Kier molecular flexibility index (Phi) is 7.38. The number of esters is 1. The fourth-order valence-electron chi connectivity index (χ4n) is 6.58. The van der Waals surface area contributed by atoms with Gasteiger partial charge in [-0.2, -0.15) is 0 Å². The van der Waals surface area contributed by atoms with Gasteiger partial charge in [0.05, 0.1) is 44.0 Å². The first-order valence-corrected chi connectivity index (χ1v) is 14.2. The lowest BCUT2D eigenvalue weighted by Crippen LogP contribution is -2.60. The van der Waals surface area contributed by atoms with Crippen molar-refractivity contribution in [2.24, 2.45) is 11.8 Å². The van der Waals surface area contributed by atoms with Crippen LogP contribution in [-0.4, -0.2) is 77.8 Å². The first-order valence-electron chi connectivity index (χ1n) is 14.2. The number of rotatable bonds is 7. The molecular formula is C31H32O12. The van der Waals surface area contributed by atoms with E-state index in [-0.39, 0.29) is 57.7 Å². The molecule has 4 N–H and O–H groups in total. The van der Waals surface area contributed by atoms with Crippen molar-refractivity contribution in [3.05, 3.63) is 52.6 Å². The van der Waals surface area contributed by atoms with Crippen LogP contribution in [0, 0.1) is 11.8 Å². The van der Waals surface area contributed by atoms with Gasteiger partial charge in [-0.1, -0.05) is 6.07 Å². The van der Waals surface area contributed by atoms with E-state index in [1.54, 1.807) is 31.2 Å². The van der Waals surface area contributed by atoms with Gasteiger partial charge in [-0.25, -0.2) is 4.79 Å². The monoisotopic (exact) mass is 596 g/mol. The Morgan fingerprint density at radius 1 is 0.860 bits per heavy atom. The van der Waals surface area contributed by atoms with Gasteiger partial charge >= 0.3 is 5.97 Å². The summed E-state index contributed by atoms with van der Waals surface area (Å²) >= 11 is 0. The van der Waals surface area contributed by atoms with Crippen LogP contribution in [0.5, 0.6) is 17.2 Å². The van der Waals surface area contributed by atoms with Crippen molar-refractivity contribution in [1.82, 2.24) is 0 Å². The summed E-state index contributed by atoms with van der Waals surface area (Å²) in [4.78, 5) is 13.3. The quantitative estimate of drug-likeness (QED) is 0.294. The highest BCUT2D eigenvalue weighted by Crippen LogP contribution is 2.48. The van der Waals surface area contributed by atoms with E-state index in [4.69, 9.17) is 33.2 Å². The lowest BCUT2D eigenvalue weighted by Gasteiger charge is -2.48. The molecule has 0 amide bonds. The van der Waals surface area contributed by atoms with Gasteiger partial charge < -0.3 is 53.6 Å². The molecule has 3 aromatic rings. The van der Waals surface area contributed by atoms with E-state index in [1.807, 2.05) is 6.07 Å². The van der Waals surface area contributed by atoms with Gasteiger partial charge in [-0.05, 0) is 53.3 Å². The normalized spacial score (nSPS) is 27.6. The SMILES string of the molecule is CC1OCC2OC(Oc3c4c(c(-c5ccc6c(c5)OCO6)c5cc(CO)c(CO)cc35)C(=O)OC4)C(CO)C(CO)C2O1. The molecule has 0 aromatic heterocycles. The van der Waals surface area contributed by atoms with Crippen molar-refractivity contribution in [3.63, 3.8) is 0 Å². The number of carbonyl (C=O) groups is 1. The van der Waals surface area contributed by atoms with Crippen LogP contribution in [0.2, 0.25) is 0 Å². The van der Waals surface area contributed by atoms with Gasteiger partial charge in [0.1, 0.15) is 18.5 Å². The molecule has 0 bridgehead atoms. The Labute approximate surface area is 246 Å². The third-order valence-electron chi connectivity index (χ3n) is 8.73. The highest BCUT2D eigenvalue weighted by molar-refractivity contribution is 6.13. The van der Waals surface area contributed by atoms with E-state index in [9.17, 15) is 25.2 Å². The Balaban J connectivity index is 1.42. The zero-order valence-corrected chi connectivity index (χ0v) is 23.4. The second-order valence-corrected chi connectivity index (χ2v) is 11.0. The summed E-state index contributed by atoms with van der Waals surface area (Å²) in [5.74, 6) is -0.355. The van der Waals surface area contributed by atoms with E-state index in [1.165, 1.54) is 0 Å². The summed E-state index contributed by atoms with van der Waals surface area (Å²) in [5, 5.41) is 42.2. The number of hydrogen-bond donors (Lipinski definition) is 4. The summed E-state index contributed by atoms with van der Waals surface area (Å²) in [6.07, 6.45) is -2.62. The number of benzene rings is 3. The Morgan fingerprint density at radius 2 is 1.60 bits per heavy atom. The lowest BCUT2D eigenvalue weighted by atomic mass is 9.82. The van der Waals surface area contributed by atoms with Crippen LogP contribution < -0.4 is 14.2 Å². The molecule has 7 rings (SSSR count). The number of fused-ring (bicyclic) bond motifs is 4. The van der Waals surface area contributed by atoms with Crippen LogP contribution in [0.3, 0.4) is 0 Å². The molecule has 228 valence electrons. The fourth-order valence-corrected chi connectivity index (χ4v) is 6.58. The maximum atomic E-state index is 13.3. The predicted octanol–water partition coefficient (Wildman–Crippen LogP) is 1.97. The Morgan fingerprint density at radius 3 is 2.35 bits per heavy atom. The molecule has 6 unspecified atom stereocenters. The van der Waals surface area contributed by atoms with Gasteiger partial charge in [0.2, 0.25) is 13.1 Å². The van der Waals surface area contributed by atoms with Crippen LogP contribution in [0.1, 0.15) is 34.0 Å². The number of carbonyl (C=O) groups excluding carboxylic acids is 1. The molecule has 0 spiro atoms. The Bertz CT molecular complexity index is 1570. The molecule has 43 heavy (non-hydrogen) atoms. The molecule has 0 aliphatic carbocycles. The summed E-state index contributed by atoms with van der Waals surface area (Å²) in [7, 11) is 0. The van der Waals surface area contributed by atoms with Crippen LogP contribution in [0.4, 0.5) is 0 Å². The van der Waals surface area contributed by atoms with Crippen LogP contribution >= 0.6 is 0 Å². The number of hydrogen-bond acceptors (Lipinski definition) is 12. The standard InChI is InChI=1S/C31H32O12/c1-14-37-12-25-29(41-14)20(9-34)21(10-35)31(42-25)43-28-19-5-17(8-33)16(7-32)4-18(19)26(27-22(28)11-38-30(27)36)15-2-3-23-24(6-15)40-13-39-23/h2-6,14,20-21,25,29,31-35H,7-13H2,1H3. The summed E-state index contributed by atoms with van der Waals surface area (Å²) < 4.78 is 41.1. The second kappa shape index (κ2) is 11.2. The zero-order valence-electron chi connectivity index (χ0n) is 23.4. The molecule has 4 aliphatic heterocycles. The molecule has 4 heterocycles. The Hall–Kier alpha value is -3.49. The molecule has 6 atom stereocenters.